The third-order valence-electron chi connectivity index (χ3n) is 4.32. The lowest BCUT2D eigenvalue weighted by atomic mass is 10.2. The zero-order valence-corrected chi connectivity index (χ0v) is 13.7. The van der Waals surface area contributed by atoms with Gasteiger partial charge in [0.25, 0.3) is 0 Å². The molecule has 6 nitrogen and oxygen atoms in total. The fourth-order valence-corrected chi connectivity index (χ4v) is 3.10. The number of methoxy groups -OCH3 is 1. The van der Waals surface area contributed by atoms with Crippen LogP contribution in [0.1, 0.15) is 32.1 Å². The maximum absolute atomic E-state index is 12.4. The summed E-state index contributed by atoms with van der Waals surface area (Å²) in [5.74, 6) is 1.30. The first kappa shape index (κ1) is 15.8. The van der Waals surface area contributed by atoms with Gasteiger partial charge < -0.3 is 14.5 Å². The molecule has 0 saturated carbocycles. The van der Waals surface area contributed by atoms with Gasteiger partial charge in [-0.1, -0.05) is 6.92 Å². The van der Waals surface area contributed by atoms with Gasteiger partial charge in [0.05, 0.1) is 19.7 Å². The molecule has 3 rings (SSSR count). The van der Waals surface area contributed by atoms with Gasteiger partial charge in [0, 0.05) is 6.07 Å². The Labute approximate surface area is 135 Å². The van der Waals surface area contributed by atoms with E-state index in [2.05, 4.69) is 15.2 Å². The van der Waals surface area contributed by atoms with Crippen molar-refractivity contribution in [2.24, 2.45) is 0 Å². The summed E-state index contributed by atoms with van der Waals surface area (Å²) in [5.41, 5.74) is 1.43. The summed E-state index contributed by atoms with van der Waals surface area (Å²) in [5, 5.41) is 2.95. The molecule has 1 atom stereocenters. The van der Waals surface area contributed by atoms with Crippen LogP contribution in [0.25, 0.3) is 11.1 Å². The van der Waals surface area contributed by atoms with E-state index in [1.165, 1.54) is 12.8 Å². The van der Waals surface area contributed by atoms with Gasteiger partial charge in [0.1, 0.15) is 11.3 Å². The van der Waals surface area contributed by atoms with Crippen molar-refractivity contribution in [3.63, 3.8) is 0 Å². The molecule has 1 aromatic heterocycles. The number of carbonyl (C=O) groups is 1. The molecule has 1 fully saturated rings. The predicted octanol–water partition coefficient (Wildman–Crippen LogP) is 2.33. The Morgan fingerprint density at radius 2 is 2.22 bits per heavy atom. The van der Waals surface area contributed by atoms with Crippen LogP contribution in [0, 0.1) is 0 Å². The fraction of sp³-hybridized carbons (Fsp3) is 0.529. The van der Waals surface area contributed by atoms with Crippen LogP contribution in [0.2, 0.25) is 0 Å². The molecule has 23 heavy (non-hydrogen) atoms. The van der Waals surface area contributed by atoms with Crippen molar-refractivity contribution in [3.05, 3.63) is 24.1 Å². The number of oxazole rings is 1. The van der Waals surface area contributed by atoms with Crippen molar-refractivity contribution in [1.29, 1.82) is 0 Å². The summed E-state index contributed by atoms with van der Waals surface area (Å²) in [7, 11) is 1.62. The standard InChI is InChI=1S/C17H23N3O3/c1-3-14(20-8-4-5-9-20)17(21)18-11-16-19-13-10-12(22-2)6-7-15(13)23-16/h6-7,10,14H,3-5,8-9,11H2,1-2H3,(H,18,21). The number of likely N-dealkylation sites (tertiary alicyclic amines) is 1. The number of fused-ring (bicyclic) bond motifs is 1. The molecule has 0 spiro atoms. The van der Waals surface area contributed by atoms with Gasteiger partial charge in [-0.25, -0.2) is 4.98 Å². The lowest BCUT2D eigenvalue weighted by Crippen LogP contribution is -2.45. The number of carbonyl (C=O) groups excluding carboxylic acids is 1. The van der Waals surface area contributed by atoms with Crippen molar-refractivity contribution >= 4 is 17.0 Å². The molecule has 124 valence electrons. The summed E-state index contributed by atoms with van der Waals surface area (Å²) in [4.78, 5) is 19.1. The number of benzene rings is 1. The molecule has 0 aliphatic carbocycles. The van der Waals surface area contributed by atoms with Crippen LogP contribution in [0.5, 0.6) is 5.75 Å². The first-order chi connectivity index (χ1) is 11.2. The van der Waals surface area contributed by atoms with Crippen molar-refractivity contribution in [1.82, 2.24) is 15.2 Å². The molecule has 0 bridgehead atoms. The van der Waals surface area contributed by atoms with Gasteiger partial charge in [-0.05, 0) is 44.5 Å². The van der Waals surface area contributed by atoms with Gasteiger partial charge in [-0.15, -0.1) is 0 Å². The highest BCUT2D eigenvalue weighted by Gasteiger charge is 2.26. The van der Waals surface area contributed by atoms with E-state index in [0.717, 1.165) is 30.8 Å². The third kappa shape index (κ3) is 3.47. The molecule has 6 heteroatoms. The fourth-order valence-electron chi connectivity index (χ4n) is 3.10. The van der Waals surface area contributed by atoms with Crippen molar-refractivity contribution < 1.29 is 13.9 Å². The molecule has 1 amide bonds. The van der Waals surface area contributed by atoms with E-state index in [1.807, 2.05) is 25.1 Å². The molecular weight excluding hydrogens is 294 g/mol. The third-order valence-corrected chi connectivity index (χ3v) is 4.32. The number of hydrogen-bond donors (Lipinski definition) is 1. The lowest BCUT2D eigenvalue weighted by Gasteiger charge is -2.24. The number of nitrogens with zero attached hydrogens (tertiary/aromatic N) is 2. The number of rotatable bonds is 6. The quantitative estimate of drug-likeness (QED) is 0.885. The lowest BCUT2D eigenvalue weighted by molar-refractivity contribution is -0.126. The second-order valence-electron chi connectivity index (χ2n) is 5.83. The predicted molar refractivity (Wildman–Crippen MR) is 87.3 cm³/mol. The minimum absolute atomic E-state index is 0.0502. The van der Waals surface area contributed by atoms with Crippen molar-refractivity contribution in [2.45, 2.75) is 38.8 Å². The van der Waals surface area contributed by atoms with Crippen molar-refractivity contribution in [2.75, 3.05) is 20.2 Å². The minimum atomic E-state index is -0.0537. The molecule has 2 heterocycles. The minimum Gasteiger partial charge on any atom is -0.497 e. The summed E-state index contributed by atoms with van der Waals surface area (Å²) in [6.07, 6.45) is 3.17. The number of hydrogen-bond acceptors (Lipinski definition) is 5. The van der Waals surface area contributed by atoms with E-state index in [9.17, 15) is 4.79 Å². The van der Waals surface area contributed by atoms with Crippen LogP contribution in [0.3, 0.4) is 0 Å². The Bertz CT molecular complexity index is 677. The molecule has 1 saturated heterocycles. The molecule has 2 aromatic rings. The average Bonchev–Trinajstić information content (AvgIpc) is 3.22. The highest BCUT2D eigenvalue weighted by molar-refractivity contribution is 5.81. The van der Waals surface area contributed by atoms with Crippen LogP contribution in [-0.4, -0.2) is 42.0 Å². The van der Waals surface area contributed by atoms with Gasteiger partial charge in [0.15, 0.2) is 5.58 Å². The van der Waals surface area contributed by atoms with Gasteiger partial charge in [0.2, 0.25) is 11.8 Å². The molecule has 0 radical (unpaired) electrons. The van der Waals surface area contributed by atoms with E-state index in [4.69, 9.17) is 9.15 Å². The van der Waals surface area contributed by atoms with E-state index in [-0.39, 0.29) is 11.9 Å². The Hall–Kier alpha value is -2.08. The number of aromatic nitrogens is 1. The first-order valence-corrected chi connectivity index (χ1v) is 8.16. The molecule has 1 aliphatic heterocycles. The second kappa shape index (κ2) is 7.00. The van der Waals surface area contributed by atoms with Gasteiger partial charge >= 0.3 is 0 Å². The Balaban J connectivity index is 1.63. The normalized spacial score (nSPS) is 16.6. The monoisotopic (exact) mass is 317 g/mol. The van der Waals surface area contributed by atoms with E-state index < -0.39 is 0 Å². The number of amides is 1. The topological polar surface area (TPSA) is 67.6 Å². The molecule has 1 aromatic carbocycles. The zero-order chi connectivity index (χ0) is 16.2. The molecule has 1 N–H and O–H groups in total. The molecule has 1 aliphatic rings. The van der Waals surface area contributed by atoms with Crippen LogP contribution >= 0.6 is 0 Å². The summed E-state index contributed by atoms with van der Waals surface area (Å²) < 4.78 is 10.8. The zero-order valence-electron chi connectivity index (χ0n) is 13.7. The Morgan fingerprint density at radius 1 is 1.43 bits per heavy atom. The average molecular weight is 317 g/mol. The summed E-state index contributed by atoms with van der Waals surface area (Å²) in [6.45, 7) is 4.37. The van der Waals surface area contributed by atoms with Gasteiger partial charge in [-0.3, -0.25) is 9.69 Å². The van der Waals surface area contributed by atoms with Crippen LogP contribution in [-0.2, 0) is 11.3 Å². The molecule has 1 unspecified atom stereocenters. The molecular formula is C17H23N3O3. The SMILES string of the molecule is CCC(C(=O)NCc1nc2cc(OC)ccc2o1)N1CCCC1. The largest absolute Gasteiger partial charge is 0.497 e. The highest BCUT2D eigenvalue weighted by Crippen LogP contribution is 2.21. The highest BCUT2D eigenvalue weighted by atomic mass is 16.5. The van der Waals surface area contributed by atoms with E-state index in [0.29, 0.717) is 18.0 Å². The second-order valence-corrected chi connectivity index (χ2v) is 5.83. The summed E-state index contributed by atoms with van der Waals surface area (Å²) >= 11 is 0. The Kier molecular flexibility index (Phi) is 4.81. The van der Waals surface area contributed by atoms with E-state index in [1.54, 1.807) is 7.11 Å². The Morgan fingerprint density at radius 3 is 2.91 bits per heavy atom. The van der Waals surface area contributed by atoms with Crippen LogP contribution in [0.4, 0.5) is 0 Å². The van der Waals surface area contributed by atoms with Crippen LogP contribution < -0.4 is 10.1 Å². The maximum atomic E-state index is 12.4. The first-order valence-electron chi connectivity index (χ1n) is 8.16. The van der Waals surface area contributed by atoms with Gasteiger partial charge in [-0.2, -0.15) is 0 Å². The van der Waals surface area contributed by atoms with Crippen LogP contribution in [0.15, 0.2) is 22.6 Å². The number of nitrogens with one attached hydrogen (secondary N) is 1. The van der Waals surface area contributed by atoms with Crippen molar-refractivity contribution in [3.8, 4) is 5.75 Å². The summed E-state index contributed by atoms with van der Waals surface area (Å²) in [6, 6.07) is 5.42. The maximum Gasteiger partial charge on any atom is 0.237 e. The van der Waals surface area contributed by atoms with E-state index >= 15 is 0 Å². The smallest absolute Gasteiger partial charge is 0.237 e. The number of ether oxygens (including phenoxy) is 1.